The van der Waals surface area contributed by atoms with Crippen molar-refractivity contribution in [2.75, 3.05) is 20.3 Å². The lowest BCUT2D eigenvalue weighted by atomic mass is 10.2. The zero-order valence-electron chi connectivity index (χ0n) is 13.8. The van der Waals surface area contributed by atoms with E-state index < -0.39 is 11.5 Å². The van der Waals surface area contributed by atoms with Crippen molar-refractivity contribution in [3.63, 3.8) is 0 Å². The monoisotopic (exact) mass is 342 g/mol. The van der Waals surface area contributed by atoms with Crippen LogP contribution in [-0.4, -0.2) is 40.9 Å². The number of methoxy groups -OCH3 is 1. The molecule has 25 heavy (non-hydrogen) atoms. The fourth-order valence-electron chi connectivity index (χ4n) is 2.45. The number of hydrogen-bond acceptors (Lipinski definition) is 6. The van der Waals surface area contributed by atoms with Crippen molar-refractivity contribution in [3.8, 4) is 0 Å². The number of rotatable bonds is 7. The molecule has 0 saturated carbocycles. The first-order chi connectivity index (χ1) is 12.2. The number of nitrogens with zero attached hydrogens (tertiary/aromatic N) is 3. The van der Waals surface area contributed by atoms with Crippen molar-refractivity contribution in [1.29, 1.82) is 0 Å². The third kappa shape index (κ3) is 3.92. The van der Waals surface area contributed by atoms with Gasteiger partial charge in [0, 0.05) is 32.0 Å². The lowest BCUT2D eigenvalue weighted by Crippen LogP contribution is -2.30. The average Bonchev–Trinajstić information content (AvgIpc) is 3.06. The van der Waals surface area contributed by atoms with E-state index in [1.165, 1.54) is 6.07 Å². The number of amides is 1. The molecular formula is C17H18N4O4. The molecule has 8 heteroatoms. The number of ether oxygens (including phenoxy) is 1. The predicted molar refractivity (Wildman–Crippen MR) is 90.4 cm³/mol. The van der Waals surface area contributed by atoms with E-state index >= 15 is 0 Å². The SMILES string of the molecule is COCCn1cnnc1CCNC(=O)c1cc2ccccc2oc1=O. The van der Waals surface area contributed by atoms with Crippen molar-refractivity contribution in [2.24, 2.45) is 0 Å². The molecule has 1 aromatic carbocycles. The van der Waals surface area contributed by atoms with Gasteiger partial charge in [0.1, 0.15) is 23.3 Å². The number of hydrogen-bond donors (Lipinski definition) is 1. The van der Waals surface area contributed by atoms with Crippen LogP contribution in [0.3, 0.4) is 0 Å². The largest absolute Gasteiger partial charge is 0.422 e. The minimum atomic E-state index is -0.653. The lowest BCUT2D eigenvalue weighted by Gasteiger charge is -2.07. The van der Waals surface area contributed by atoms with Gasteiger partial charge in [0.15, 0.2) is 0 Å². The third-order valence-corrected chi connectivity index (χ3v) is 3.75. The van der Waals surface area contributed by atoms with Crippen LogP contribution in [-0.2, 0) is 17.7 Å². The summed E-state index contributed by atoms with van der Waals surface area (Å²) in [5, 5.41) is 11.3. The van der Waals surface area contributed by atoms with Crippen molar-refractivity contribution >= 4 is 16.9 Å². The summed E-state index contributed by atoms with van der Waals surface area (Å²) in [4.78, 5) is 24.2. The van der Waals surface area contributed by atoms with E-state index in [1.54, 1.807) is 31.6 Å². The Kier molecular flexibility index (Phi) is 5.20. The lowest BCUT2D eigenvalue weighted by molar-refractivity contribution is 0.0950. The second-order valence-corrected chi connectivity index (χ2v) is 5.42. The fraction of sp³-hybridized carbons (Fsp3) is 0.294. The van der Waals surface area contributed by atoms with E-state index in [4.69, 9.17) is 9.15 Å². The van der Waals surface area contributed by atoms with Crippen LogP contribution in [0.2, 0.25) is 0 Å². The second-order valence-electron chi connectivity index (χ2n) is 5.42. The Morgan fingerprint density at radius 1 is 1.36 bits per heavy atom. The van der Waals surface area contributed by atoms with Gasteiger partial charge in [0.05, 0.1) is 6.61 Å². The molecule has 2 aromatic heterocycles. The highest BCUT2D eigenvalue weighted by atomic mass is 16.5. The van der Waals surface area contributed by atoms with E-state index in [2.05, 4.69) is 15.5 Å². The third-order valence-electron chi connectivity index (χ3n) is 3.75. The summed E-state index contributed by atoms with van der Waals surface area (Å²) in [5.74, 6) is 0.269. The average molecular weight is 342 g/mol. The Labute approximate surface area is 143 Å². The maximum atomic E-state index is 12.3. The minimum absolute atomic E-state index is 0.0143. The first-order valence-electron chi connectivity index (χ1n) is 7.86. The molecule has 2 heterocycles. The van der Waals surface area contributed by atoms with Gasteiger partial charge in [-0.3, -0.25) is 4.79 Å². The maximum Gasteiger partial charge on any atom is 0.349 e. The van der Waals surface area contributed by atoms with Gasteiger partial charge in [0.25, 0.3) is 5.91 Å². The predicted octanol–water partition coefficient (Wildman–Crippen LogP) is 1.00. The van der Waals surface area contributed by atoms with E-state index in [1.807, 2.05) is 10.6 Å². The van der Waals surface area contributed by atoms with Crippen molar-refractivity contribution in [3.05, 3.63) is 58.5 Å². The van der Waals surface area contributed by atoms with Gasteiger partial charge in [-0.25, -0.2) is 4.79 Å². The summed E-state index contributed by atoms with van der Waals surface area (Å²) < 4.78 is 12.1. The summed E-state index contributed by atoms with van der Waals surface area (Å²) in [5.41, 5.74) is -0.214. The summed E-state index contributed by atoms with van der Waals surface area (Å²) in [6.45, 7) is 1.52. The maximum absolute atomic E-state index is 12.3. The summed E-state index contributed by atoms with van der Waals surface area (Å²) in [6.07, 6.45) is 2.11. The number of fused-ring (bicyclic) bond motifs is 1. The van der Waals surface area contributed by atoms with Gasteiger partial charge in [-0.2, -0.15) is 0 Å². The molecule has 130 valence electrons. The molecule has 3 rings (SSSR count). The highest BCUT2D eigenvalue weighted by Crippen LogP contribution is 2.12. The first kappa shape index (κ1) is 16.8. The molecule has 3 aromatic rings. The fourth-order valence-corrected chi connectivity index (χ4v) is 2.45. The van der Waals surface area contributed by atoms with E-state index in [0.29, 0.717) is 37.1 Å². The molecule has 0 saturated heterocycles. The molecule has 0 spiro atoms. The molecular weight excluding hydrogens is 324 g/mol. The van der Waals surface area contributed by atoms with Crippen molar-refractivity contribution < 1.29 is 13.9 Å². The zero-order chi connectivity index (χ0) is 17.6. The summed E-state index contributed by atoms with van der Waals surface area (Å²) in [7, 11) is 1.62. The normalized spacial score (nSPS) is 10.9. The summed E-state index contributed by atoms with van der Waals surface area (Å²) >= 11 is 0. The molecule has 0 bridgehead atoms. The van der Waals surface area contributed by atoms with E-state index in [9.17, 15) is 9.59 Å². The Morgan fingerprint density at radius 2 is 2.20 bits per heavy atom. The van der Waals surface area contributed by atoms with Crippen LogP contribution in [0.25, 0.3) is 11.0 Å². The topological polar surface area (TPSA) is 99.2 Å². The Hall–Kier alpha value is -3.00. The van der Waals surface area contributed by atoms with Gasteiger partial charge in [0.2, 0.25) is 0 Å². The second kappa shape index (κ2) is 7.71. The first-order valence-corrected chi connectivity index (χ1v) is 7.86. The smallest absolute Gasteiger partial charge is 0.349 e. The Morgan fingerprint density at radius 3 is 3.04 bits per heavy atom. The van der Waals surface area contributed by atoms with Crippen LogP contribution in [0.5, 0.6) is 0 Å². The van der Waals surface area contributed by atoms with Gasteiger partial charge >= 0.3 is 5.63 Å². The Balaban J connectivity index is 1.64. The van der Waals surface area contributed by atoms with Gasteiger partial charge in [-0.05, 0) is 12.1 Å². The number of benzene rings is 1. The Bertz CT molecular complexity index is 932. The van der Waals surface area contributed by atoms with Crippen LogP contribution >= 0.6 is 0 Å². The highest BCUT2D eigenvalue weighted by Gasteiger charge is 2.13. The van der Waals surface area contributed by atoms with Crippen LogP contribution in [0.1, 0.15) is 16.2 Å². The van der Waals surface area contributed by atoms with Gasteiger partial charge in [-0.1, -0.05) is 18.2 Å². The van der Waals surface area contributed by atoms with Crippen LogP contribution in [0.15, 0.2) is 45.9 Å². The molecule has 0 aliphatic rings. The zero-order valence-corrected chi connectivity index (χ0v) is 13.8. The molecule has 0 aliphatic carbocycles. The number of aromatic nitrogens is 3. The molecule has 0 radical (unpaired) electrons. The quantitative estimate of drug-likeness (QED) is 0.643. The van der Waals surface area contributed by atoms with E-state index in [-0.39, 0.29) is 5.56 Å². The molecule has 0 unspecified atom stereocenters. The van der Waals surface area contributed by atoms with Crippen molar-refractivity contribution in [1.82, 2.24) is 20.1 Å². The van der Waals surface area contributed by atoms with Crippen LogP contribution in [0.4, 0.5) is 0 Å². The number of carbonyl (C=O) groups excluding carboxylic acids is 1. The molecule has 1 N–H and O–H groups in total. The van der Waals surface area contributed by atoms with E-state index in [0.717, 1.165) is 5.82 Å². The number of para-hydroxylation sites is 1. The molecule has 0 atom stereocenters. The summed E-state index contributed by atoms with van der Waals surface area (Å²) in [6, 6.07) is 8.60. The van der Waals surface area contributed by atoms with Crippen molar-refractivity contribution in [2.45, 2.75) is 13.0 Å². The number of nitrogens with one attached hydrogen (secondary N) is 1. The van der Waals surface area contributed by atoms with Gasteiger partial charge in [-0.15, -0.1) is 10.2 Å². The number of carbonyl (C=O) groups is 1. The van der Waals surface area contributed by atoms with Crippen LogP contribution < -0.4 is 10.9 Å². The molecule has 0 aliphatic heterocycles. The standard InChI is InChI=1S/C17H18N4O4/c1-24-9-8-21-11-19-20-15(21)6-7-18-16(22)13-10-12-4-2-3-5-14(12)25-17(13)23/h2-5,10-11H,6-9H2,1H3,(H,18,22). The molecule has 8 nitrogen and oxygen atoms in total. The molecule has 1 amide bonds. The molecule has 0 fully saturated rings. The van der Waals surface area contributed by atoms with Gasteiger partial charge < -0.3 is 19.0 Å². The van der Waals surface area contributed by atoms with Crippen LogP contribution in [0, 0.1) is 0 Å². The highest BCUT2D eigenvalue weighted by molar-refractivity contribution is 5.96. The minimum Gasteiger partial charge on any atom is -0.422 e.